The van der Waals surface area contributed by atoms with Crippen LogP contribution in [0.25, 0.3) is 22.1 Å². The third-order valence-electron chi connectivity index (χ3n) is 26.4. The van der Waals surface area contributed by atoms with Crippen LogP contribution in [0.3, 0.4) is 0 Å². The second kappa shape index (κ2) is 53.4. The van der Waals surface area contributed by atoms with E-state index in [1.54, 1.807) is 93.1 Å². The molecule has 0 atom stereocenters. The maximum Gasteiger partial charge on any atom is 0.263 e. The summed E-state index contributed by atoms with van der Waals surface area (Å²) < 4.78 is 67.7. The van der Waals surface area contributed by atoms with Gasteiger partial charge in [0.05, 0.1) is 172 Å². The zero-order valence-electron chi connectivity index (χ0n) is 87.1. The second-order valence-corrected chi connectivity index (χ2v) is 60.9. The van der Waals surface area contributed by atoms with E-state index in [0.717, 1.165) is 110 Å². The standard InChI is InChI=1S/C99H145N25O16S2Si4/c1-71-83-59-103-95(111-91(83)123(79-21-15-16-22-79)93(129)89(71)73(3)125)109-85-29-27-81(57-101-85)117-31-35-119(36-32-117)87(127)25-19-51-143(7,8)139-145(11,12)69-141-97-105-53-75(54-106-97)63-135-49-47-133-45-43-131-41-39-121-61-77(113-115-121)65-137-67-99(5,100-6)68-138-66-78-62-122(116-114-78)40-42-132-44-46-134-48-50-136-64-76-55-107-98(108-56-76)142-70-146(13,14)140-144(9,10)52-20-26-88(128)120-37-33-118(34-38-120)82-28-30-86(102-58-82)110-96-104-60-84-72(2)90(74(4)126)94(130)124(92(84)112-96)80-23-17-18-24-80/h27-30,53-62,79-80,100H,15-26,31-52,63-70H2,1-14H3,(H,101,103,109,111)(H,102,104,110,112). The molecule has 10 aromatic rings. The zero-order valence-corrected chi connectivity index (χ0v) is 92.8. The van der Waals surface area contributed by atoms with Crippen LogP contribution in [-0.4, -0.2) is 310 Å². The number of aromatic nitrogens is 18. The first-order valence-corrected chi connectivity index (χ1v) is 65.4. The number of carbonyl (C=O) groups is 4. The molecule has 2 saturated heterocycles. The van der Waals surface area contributed by atoms with E-state index in [9.17, 15) is 28.8 Å². The summed E-state index contributed by atoms with van der Waals surface area (Å²) >= 11 is 3.24. The molecular formula is C99H145N25O16S2Si4. The number of hydrogen-bond acceptors (Lipinski definition) is 37. The number of aryl methyl sites for hydroxylation is 2. The average molecular weight is 2120 g/mol. The number of rotatable bonds is 59. The number of pyridine rings is 4. The number of ketones is 2. The predicted octanol–water partition coefficient (Wildman–Crippen LogP) is 12.8. The van der Waals surface area contributed by atoms with E-state index in [2.05, 4.69) is 139 Å². The minimum Gasteiger partial charge on any atom is -0.455 e. The van der Waals surface area contributed by atoms with Gasteiger partial charge in [-0.1, -0.05) is 59.6 Å². The second-order valence-electron chi connectivity index (χ2n) is 40.6. The van der Waals surface area contributed by atoms with E-state index >= 15 is 0 Å². The van der Waals surface area contributed by atoms with Crippen LogP contribution in [-0.2, 0) is 95.2 Å². The van der Waals surface area contributed by atoms with E-state index in [1.165, 1.54) is 13.8 Å². The minimum atomic E-state index is -2.11. The molecule has 2 amide bonds. The molecule has 0 aromatic carbocycles. The highest BCUT2D eigenvalue weighted by Gasteiger charge is 2.38. The molecule has 41 nitrogen and oxygen atoms in total. The molecule has 12 heterocycles. The molecule has 10 aromatic heterocycles. The predicted molar refractivity (Wildman–Crippen MR) is 570 cm³/mol. The Morgan fingerprint density at radius 3 is 1.17 bits per heavy atom. The van der Waals surface area contributed by atoms with Crippen molar-refractivity contribution < 1.29 is 65.3 Å². The van der Waals surface area contributed by atoms with Gasteiger partial charge in [-0.15, -0.1) is 10.2 Å². The number of Topliss-reactive ketones (excluding diaryl/α,β-unsaturated/α-hetero) is 2. The molecule has 790 valence electrons. The van der Waals surface area contributed by atoms with Crippen molar-refractivity contribution in [1.29, 1.82) is 0 Å². The number of likely N-dealkylation sites (N-methyl/N-ethyl adjacent to an activating group) is 1. The zero-order chi connectivity index (χ0) is 103. The van der Waals surface area contributed by atoms with Crippen molar-refractivity contribution in [3.8, 4) is 0 Å². The van der Waals surface area contributed by atoms with Gasteiger partial charge in [0, 0.05) is 147 Å². The van der Waals surface area contributed by atoms with Crippen molar-refractivity contribution in [1.82, 2.24) is 104 Å². The monoisotopic (exact) mass is 2120 g/mol. The topological polar surface area (TPSA) is 444 Å². The van der Waals surface area contributed by atoms with E-state index in [-0.39, 0.29) is 70.9 Å². The number of piperazine rings is 2. The van der Waals surface area contributed by atoms with Gasteiger partial charge in [0.25, 0.3) is 11.1 Å². The van der Waals surface area contributed by atoms with Gasteiger partial charge in [-0.2, -0.15) is 9.97 Å². The number of carbonyl (C=O) groups excluding carboxylic acids is 4. The first-order chi connectivity index (χ1) is 70.2. The highest BCUT2D eigenvalue weighted by Crippen LogP contribution is 2.37. The number of fused-ring (bicyclic) bond motifs is 2. The average Bonchev–Trinajstić information content (AvgIpc) is 1.05. The molecule has 0 unspecified atom stereocenters. The summed E-state index contributed by atoms with van der Waals surface area (Å²) in [6.07, 6.45) is 28.0. The molecule has 0 radical (unpaired) electrons. The molecular weight excluding hydrogens is 1970 g/mol. The molecule has 2 saturated carbocycles. The SMILES string of the molecule is CNC(C)(COCc1cn(CCOCCOCCOCc2cnc(SC[Si](C)(C)O[Si](C)(C)CCCC(=O)N3CCN(c4ccc(Nc5ncc6c(C)c(C(C)=O)c(=O)n(C7CCCC7)c6n5)nc4)CC3)nc2)nn1)COCc1cn(CCOCCOCCOCc2cnc(SC[Si](C)(C)O[Si](C)(C)CCCC(=O)N3CCN(c4ccc(Nc5ncc6c(C)c(C(C)=O)c(=O)n(C7CCCC7)c6n5)nc4)CC3)nc2)nn1. The summed E-state index contributed by atoms with van der Waals surface area (Å²) in [5.41, 5.74) is 6.69. The van der Waals surface area contributed by atoms with Gasteiger partial charge in [0.2, 0.25) is 23.7 Å². The number of thioether (sulfide) groups is 2. The fourth-order valence-electron chi connectivity index (χ4n) is 18.9. The highest BCUT2D eigenvalue weighted by molar-refractivity contribution is 8.01. The molecule has 0 spiro atoms. The van der Waals surface area contributed by atoms with Gasteiger partial charge >= 0.3 is 0 Å². The van der Waals surface area contributed by atoms with Crippen molar-refractivity contribution in [3.05, 3.63) is 152 Å². The number of nitrogens with zero attached hydrogens (tertiary/aromatic N) is 22. The molecule has 47 heteroatoms. The number of anilines is 6. The Morgan fingerprint density at radius 1 is 0.445 bits per heavy atom. The van der Waals surface area contributed by atoms with Gasteiger partial charge in [-0.05, 0) is 180 Å². The van der Waals surface area contributed by atoms with Crippen LogP contribution < -0.4 is 36.9 Å². The Labute approximate surface area is 866 Å². The normalized spacial score (nSPS) is 14.9. The summed E-state index contributed by atoms with van der Waals surface area (Å²) in [5.74, 6) is 1.61. The minimum absolute atomic E-state index is 0.0136. The number of nitrogens with one attached hydrogen (secondary N) is 3. The quantitative estimate of drug-likeness (QED) is 0.0105. The Hall–Kier alpha value is -10.1. The van der Waals surface area contributed by atoms with Crippen LogP contribution in [0.1, 0.15) is 164 Å². The van der Waals surface area contributed by atoms with Gasteiger partial charge in [-0.25, -0.2) is 49.2 Å². The number of hydrogen-bond donors (Lipinski definition) is 3. The first-order valence-electron chi connectivity index (χ1n) is 51.0. The maximum atomic E-state index is 13.7. The number of ether oxygens (including phenoxy) is 8. The van der Waals surface area contributed by atoms with Gasteiger partial charge in [-0.3, -0.25) is 37.9 Å². The summed E-state index contributed by atoms with van der Waals surface area (Å²) in [4.78, 5) is 134. The molecule has 4 aliphatic rings. The summed E-state index contributed by atoms with van der Waals surface area (Å²) in [5, 5.41) is 31.2. The van der Waals surface area contributed by atoms with E-state index < -0.39 is 38.8 Å². The Kier molecular flexibility index (Phi) is 40.8. The Morgan fingerprint density at radius 2 is 0.815 bits per heavy atom. The molecule has 4 fully saturated rings. The molecule has 146 heavy (non-hydrogen) atoms. The van der Waals surface area contributed by atoms with Crippen LogP contribution in [0.5, 0.6) is 0 Å². The lowest BCUT2D eigenvalue weighted by molar-refractivity contribution is -0.132. The summed E-state index contributed by atoms with van der Waals surface area (Å²) in [6, 6.07) is 9.54. The Balaban J connectivity index is 0.374. The van der Waals surface area contributed by atoms with Gasteiger partial charge < -0.3 is 81.7 Å². The lowest BCUT2D eigenvalue weighted by atomic mass is 10.0. The number of amides is 2. The van der Waals surface area contributed by atoms with Crippen LogP contribution in [0.4, 0.5) is 34.9 Å². The summed E-state index contributed by atoms with van der Waals surface area (Å²) in [7, 11) is -6.49. The van der Waals surface area contributed by atoms with Crippen LogP contribution in [0.2, 0.25) is 64.5 Å². The van der Waals surface area contributed by atoms with Crippen molar-refractivity contribution in [3.63, 3.8) is 0 Å². The lowest BCUT2D eigenvalue weighted by Gasteiger charge is -2.36. The molecule has 3 N–H and O–H groups in total. The van der Waals surface area contributed by atoms with Crippen molar-refractivity contribution >= 4 is 137 Å². The van der Waals surface area contributed by atoms with Crippen LogP contribution in [0.15, 0.2) is 106 Å². The van der Waals surface area contributed by atoms with Crippen molar-refractivity contribution in [2.24, 2.45) is 0 Å². The largest absolute Gasteiger partial charge is 0.455 e. The fraction of sp³-hybridized carbons (Fsp3) is 0.596. The van der Waals surface area contributed by atoms with E-state index in [4.69, 9.17) is 56.1 Å². The Bertz CT molecular complexity index is 5710. The van der Waals surface area contributed by atoms with Crippen LogP contribution >= 0.6 is 23.5 Å². The smallest absolute Gasteiger partial charge is 0.263 e. The third-order valence-corrected chi connectivity index (χ3v) is 46.1. The lowest BCUT2D eigenvalue weighted by Crippen LogP contribution is -2.49. The van der Waals surface area contributed by atoms with E-state index in [1.807, 2.05) is 72.8 Å². The molecule has 2 aliphatic heterocycles. The third kappa shape index (κ3) is 32.7. The van der Waals surface area contributed by atoms with E-state index in [0.29, 0.717) is 249 Å². The van der Waals surface area contributed by atoms with Crippen LogP contribution in [0, 0.1) is 13.8 Å². The van der Waals surface area contributed by atoms with Gasteiger partial charge in [0.15, 0.2) is 55.1 Å². The first kappa shape index (κ1) is 112. The molecule has 14 rings (SSSR count). The fourth-order valence-corrected chi connectivity index (χ4v) is 39.6. The van der Waals surface area contributed by atoms with Crippen molar-refractivity contribution in [2.75, 3.05) is 170 Å². The molecule has 2 aliphatic carbocycles. The summed E-state index contributed by atoms with van der Waals surface area (Å²) in [6.45, 7) is 39.1. The van der Waals surface area contributed by atoms with Gasteiger partial charge in [0.1, 0.15) is 34.3 Å². The van der Waals surface area contributed by atoms with Crippen molar-refractivity contribution in [2.45, 2.75) is 244 Å². The maximum absolute atomic E-state index is 13.7. The molecule has 0 bridgehead atoms. The highest BCUT2D eigenvalue weighted by atomic mass is 32.2.